The van der Waals surface area contributed by atoms with Crippen LogP contribution in [0.1, 0.15) is 24.5 Å². The molecule has 1 aromatic rings. The van der Waals surface area contributed by atoms with Gasteiger partial charge in [0.05, 0.1) is 4.92 Å². The van der Waals surface area contributed by atoms with Crippen LogP contribution in [0.25, 0.3) is 0 Å². The quantitative estimate of drug-likeness (QED) is 0.609. The minimum atomic E-state index is -0.378. The fourth-order valence-electron chi connectivity index (χ4n) is 1.45. The smallest absolute Gasteiger partial charge is 0.269 e. The summed E-state index contributed by atoms with van der Waals surface area (Å²) in [6, 6.07) is 5.05. The highest BCUT2D eigenvalue weighted by molar-refractivity contribution is 5.39. The minimum Gasteiger partial charge on any atom is -0.327 e. The number of nitrogens with zero attached hydrogens (tertiary/aromatic N) is 1. The van der Waals surface area contributed by atoms with Gasteiger partial charge in [-0.25, -0.2) is 0 Å². The molecule has 0 spiro atoms. The molecule has 0 aliphatic carbocycles. The van der Waals surface area contributed by atoms with Gasteiger partial charge < -0.3 is 5.73 Å². The highest BCUT2D eigenvalue weighted by atomic mass is 16.6. The summed E-state index contributed by atoms with van der Waals surface area (Å²) in [5.74, 6) is 0. The third kappa shape index (κ3) is 3.02. The summed E-state index contributed by atoms with van der Waals surface area (Å²) in [5.41, 5.74) is 8.01. The van der Waals surface area contributed by atoms with Gasteiger partial charge in [0.15, 0.2) is 0 Å². The molecule has 15 heavy (non-hydrogen) atoms. The first-order valence-corrected chi connectivity index (χ1v) is 5.04. The Morgan fingerprint density at radius 2 is 2.20 bits per heavy atom. The number of non-ortho nitro benzene ring substituents is 1. The molecular formula is C11H16N2O2. The fraction of sp³-hybridized carbons (Fsp3) is 0.455. The van der Waals surface area contributed by atoms with E-state index >= 15 is 0 Å². The fourth-order valence-corrected chi connectivity index (χ4v) is 1.45. The zero-order chi connectivity index (χ0) is 11.4. The second kappa shape index (κ2) is 4.89. The van der Waals surface area contributed by atoms with Crippen LogP contribution < -0.4 is 5.73 Å². The Morgan fingerprint density at radius 1 is 1.53 bits per heavy atom. The second-order valence-electron chi connectivity index (χ2n) is 3.74. The molecule has 0 aromatic heterocycles. The van der Waals surface area contributed by atoms with Crippen molar-refractivity contribution in [2.75, 3.05) is 0 Å². The molecule has 0 saturated heterocycles. The predicted octanol–water partition coefficient (Wildman–Crippen LogP) is 2.18. The van der Waals surface area contributed by atoms with Gasteiger partial charge in [-0.15, -0.1) is 0 Å². The van der Waals surface area contributed by atoms with Gasteiger partial charge in [0.2, 0.25) is 0 Å². The van der Waals surface area contributed by atoms with E-state index in [-0.39, 0.29) is 16.7 Å². The van der Waals surface area contributed by atoms with Crippen molar-refractivity contribution in [3.8, 4) is 0 Å². The zero-order valence-electron chi connectivity index (χ0n) is 9.06. The molecule has 4 nitrogen and oxygen atoms in total. The Morgan fingerprint density at radius 3 is 2.67 bits per heavy atom. The van der Waals surface area contributed by atoms with Crippen molar-refractivity contribution in [1.82, 2.24) is 0 Å². The molecule has 0 amide bonds. The maximum atomic E-state index is 10.5. The van der Waals surface area contributed by atoms with E-state index in [4.69, 9.17) is 5.73 Å². The van der Waals surface area contributed by atoms with E-state index in [1.54, 1.807) is 12.1 Å². The molecule has 1 unspecified atom stereocenters. The van der Waals surface area contributed by atoms with E-state index in [0.29, 0.717) is 0 Å². The van der Waals surface area contributed by atoms with Crippen molar-refractivity contribution in [2.45, 2.75) is 32.7 Å². The van der Waals surface area contributed by atoms with E-state index in [2.05, 4.69) is 0 Å². The van der Waals surface area contributed by atoms with Crippen molar-refractivity contribution >= 4 is 5.69 Å². The average Bonchev–Trinajstić information content (AvgIpc) is 2.20. The van der Waals surface area contributed by atoms with E-state index < -0.39 is 0 Å². The minimum absolute atomic E-state index is 0.130. The Balaban J connectivity index is 2.88. The normalized spacial score (nSPS) is 12.5. The Kier molecular flexibility index (Phi) is 3.80. The standard InChI is InChI=1S/C11H16N2O2/c1-3-10(12)7-9-4-5-11(13(14)15)6-8(9)2/h4-6,10H,3,7,12H2,1-2H3. The number of nitro groups is 1. The molecule has 1 atom stereocenters. The molecule has 1 aromatic carbocycles. The summed E-state index contributed by atoms with van der Waals surface area (Å²) in [6.07, 6.45) is 1.69. The van der Waals surface area contributed by atoms with Crippen LogP contribution in [0.2, 0.25) is 0 Å². The first kappa shape index (κ1) is 11.7. The first-order chi connectivity index (χ1) is 7.04. The number of nitrogens with two attached hydrogens (primary N) is 1. The van der Waals surface area contributed by atoms with Crippen molar-refractivity contribution in [3.05, 3.63) is 39.4 Å². The summed E-state index contributed by atoms with van der Waals surface area (Å²) in [6.45, 7) is 3.91. The van der Waals surface area contributed by atoms with Gasteiger partial charge >= 0.3 is 0 Å². The lowest BCUT2D eigenvalue weighted by molar-refractivity contribution is -0.384. The van der Waals surface area contributed by atoms with Crippen LogP contribution in [0.3, 0.4) is 0 Å². The van der Waals surface area contributed by atoms with E-state index in [0.717, 1.165) is 24.0 Å². The van der Waals surface area contributed by atoms with Gasteiger partial charge in [-0.2, -0.15) is 0 Å². The Labute approximate surface area is 89.2 Å². The van der Waals surface area contributed by atoms with Gasteiger partial charge in [0, 0.05) is 18.2 Å². The first-order valence-electron chi connectivity index (χ1n) is 5.04. The van der Waals surface area contributed by atoms with Gasteiger partial charge in [-0.05, 0) is 30.9 Å². The third-order valence-electron chi connectivity index (χ3n) is 2.54. The van der Waals surface area contributed by atoms with Crippen LogP contribution in [-0.2, 0) is 6.42 Å². The number of rotatable bonds is 4. The average molecular weight is 208 g/mol. The van der Waals surface area contributed by atoms with E-state index in [9.17, 15) is 10.1 Å². The van der Waals surface area contributed by atoms with Gasteiger partial charge in [-0.1, -0.05) is 13.0 Å². The maximum Gasteiger partial charge on any atom is 0.269 e. The molecule has 0 heterocycles. The molecule has 0 radical (unpaired) electrons. The SMILES string of the molecule is CCC(N)Cc1ccc([N+](=O)[O-])cc1C. The highest BCUT2D eigenvalue weighted by Crippen LogP contribution is 2.18. The van der Waals surface area contributed by atoms with Crippen LogP contribution in [-0.4, -0.2) is 11.0 Å². The van der Waals surface area contributed by atoms with Crippen LogP contribution in [0.5, 0.6) is 0 Å². The highest BCUT2D eigenvalue weighted by Gasteiger charge is 2.09. The summed E-state index contributed by atoms with van der Waals surface area (Å²) in [4.78, 5) is 10.1. The lowest BCUT2D eigenvalue weighted by Crippen LogP contribution is -2.21. The molecule has 82 valence electrons. The molecule has 0 saturated carbocycles. The number of benzene rings is 1. The molecule has 0 aliphatic heterocycles. The van der Waals surface area contributed by atoms with E-state index in [1.165, 1.54) is 6.07 Å². The lowest BCUT2D eigenvalue weighted by Gasteiger charge is -2.10. The Bertz CT molecular complexity index is 364. The topological polar surface area (TPSA) is 69.2 Å². The van der Waals surface area contributed by atoms with Gasteiger partial charge in [-0.3, -0.25) is 10.1 Å². The molecule has 0 fully saturated rings. The number of hydrogen-bond donors (Lipinski definition) is 1. The number of aryl methyl sites for hydroxylation is 1. The maximum absolute atomic E-state index is 10.5. The summed E-state index contributed by atoms with van der Waals surface area (Å²) >= 11 is 0. The van der Waals surface area contributed by atoms with Crippen LogP contribution in [0.15, 0.2) is 18.2 Å². The van der Waals surface area contributed by atoms with Gasteiger partial charge in [0.25, 0.3) is 5.69 Å². The van der Waals surface area contributed by atoms with Crippen LogP contribution >= 0.6 is 0 Å². The number of hydrogen-bond acceptors (Lipinski definition) is 3. The zero-order valence-corrected chi connectivity index (χ0v) is 9.06. The molecule has 4 heteroatoms. The van der Waals surface area contributed by atoms with Crippen molar-refractivity contribution in [2.24, 2.45) is 5.73 Å². The molecule has 0 aliphatic rings. The predicted molar refractivity (Wildman–Crippen MR) is 59.8 cm³/mol. The van der Waals surface area contributed by atoms with Gasteiger partial charge in [0.1, 0.15) is 0 Å². The summed E-state index contributed by atoms with van der Waals surface area (Å²) in [7, 11) is 0. The third-order valence-corrected chi connectivity index (χ3v) is 2.54. The molecule has 1 rings (SSSR count). The molecule has 0 bridgehead atoms. The lowest BCUT2D eigenvalue weighted by atomic mass is 10.00. The second-order valence-corrected chi connectivity index (χ2v) is 3.74. The molecular weight excluding hydrogens is 192 g/mol. The summed E-state index contributed by atoms with van der Waals surface area (Å²) in [5, 5.41) is 10.5. The number of nitro benzene ring substituents is 1. The van der Waals surface area contributed by atoms with Crippen molar-refractivity contribution in [3.63, 3.8) is 0 Å². The van der Waals surface area contributed by atoms with Crippen LogP contribution in [0, 0.1) is 17.0 Å². The van der Waals surface area contributed by atoms with E-state index in [1.807, 2.05) is 13.8 Å². The largest absolute Gasteiger partial charge is 0.327 e. The Hall–Kier alpha value is -1.42. The molecule has 2 N–H and O–H groups in total. The van der Waals surface area contributed by atoms with Crippen molar-refractivity contribution < 1.29 is 4.92 Å². The van der Waals surface area contributed by atoms with Crippen LogP contribution in [0.4, 0.5) is 5.69 Å². The monoisotopic (exact) mass is 208 g/mol. The van der Waals surface area contributed by atoms with Crippen molar-refractivity contribution in [1.29, 1.82) is 0 Å². The summed E-state index contributed by atoms with van der Waals surface area (Å²) < 4.78 is 0.